The molecule has 0 radical (unpaired) electrons. The lowest BCUT2D eigenvalue weighted by Gasteiger charge is -2.13. The molecule has 1 atom stereocenters. The minimum atomic E-state index is -0.716. The van der Waals surface area contributed by atoms with E-state index in [1.54, 1.807) is 18.2 Å². The summed E-state index contributed by atoms with van der Waals surface area (Å²) in [5.41, 5.74) is 0.0538. The molecular formula is C18H21NO4. The number of amides is 1. The molecule has 0 bridgehead atoms. The first-order chi connectivity index (χ1) is 11.0. The van der Waals surface area contributed by atoms with Gasteiger partial charge in [-0.15, -0.1) is 0 Å². The molecule has 1 amide bonds. The Morgan fingerprint density at radius 1 is 1.22 bits per heavy atom. The van der Waals surface area contributed by atoms with Gasteiger partial charge in [-0.3, -0.25) is 4.79 Å². The lowest BCUT2D eigenvalue weighted by atomic mass is 10.1. The maximum Gasteiger partial charge on any atom is 0.342 e. The van der Waals surface area contributed by atoms with Gasteiger partial charge in [-0.25, -0.2) is 4.79 Å². The molecule has 23 heavy (non-hydrogen) atoms. The fraction of sp³-hybridized carbons (Fsp3) is 0.333. The third-order valence-corrected chi connectivity index (χ3v) is 3.58. The van der Waals surface area contributed by atoms with E-state index in [2.05, 4.69) is 5.32 Å². The average Bonchev–Trinajstić information content (AvgIpc) is 2.53. The quantitative estimate of drug-likeness (QED) is 0.804. The zero-order valence-electron chi connectivity index (χ0n) is 13.3. The predicted octanol–water partition coefficient (Wildman–Crippen LogP) is 3.01. The van der Waals surface area contributed by atoms with Gasteiger partial charge in [-0.1, -0.05) is 43.7 Å². The number of benzene rings is 2. The first-order valence-electron chi connectivity index (χ1n) is 7.70. The van der Waals surface area contributed by atoms with Crippen molar-refractivity contribution >= 4 is 22.6 Å². The number of nitrogens with one attached hydrogen (secondary N) is 1. The molecule has 2 aromatic rings. The van der Waals surface area contributed by atoms with Crippen molar-refractivity contribution in [3.63, 3.8) is 0 Å². The Balaban J connectivity index is 2.01. The van der Waals surface area contributed by atoms with Gasteiger partial charge in [0.2, 0.25) is 0 Å². The Morgan fingerprint density at radius 2 is 1.96 bits per heavy atom. The predicted molar refractivity (Wildman–Crippen MR) is 88.4 cm³/mol. The minimum absolute atomic E-state index is 0.0419. The summed E-state index contributed by atoms with van der Waals surface area (Å²) in [7, 11) is 0. The normalized spacial score (nSPS) is 11.9. The van der Waals surface area contributed by atoms with Crippen LogP contribution in [0, 0.1) is 0 Å². The van der Waals surface area contributed by atoms with Crippen LogP contribution in [-0.2, 0) is 9.53 Å². The van der Waals surface area contributed by atoms with Crippen molar-refractivity contribution in [3.05, 3.63) is 42.0 Å². The fourth-order valence-corrected chi connectivity index (χ4v) is 2.45. The number of fused-ring (bicyclic) bond motifs is 1. The number of phenolic OH excluding ortho intramolecular Hbond substituents is 1. The van der Waals surface area contributed by atoms with Crippen molar-refractivity contribution in [2.24, 2.45) is 0 Å². The Kier molecular flexibility index (Phi) is 5.57. The van der Waals surface area contributed by atoms with E-state index in [4.69, 9.17) is 4.74 Å². The molecule has 0 saturated heterocycles. The van der Waals surface area contributed by atoms with Crippen LogP contribution in [0.2, 0.25) is 0 Å². The van der Waals surface area contributed by atoms with Gasteiger partial charge in [0.25, 0.3) is 5.91 Å². The molecule has 0 fully saturated rings. The van der Waals surface area contributed by atoms with E-state index in [-0.39, 0.29) is 29.9 Å². The summed E-state index contributed by atoms with van der Waals surface area (Å²) in [6.45, 7) is 3.57. The summed E-state index contributed by atoms with van der Waals surface area (Å²) in [5.74, 6) is -1.20. The molecule has 0 aliphatic carbocycles. The molecule has 0 spiro atoms. The molecule has 0 aliphatic rings. The molecule has 2 N–H and O–H groups in total. The molecule has 5 nitrogen and oxygen atoms in total. The second-order valence-electron chi connectivity index (χ2n) is 5.52. The molecule has 0 aromatic heterocycles. The van der Waals surface area contributed by atoms with Crippen LogP contribution < -0.4 is 5.32 Å². The average molecular weight is 315 g/mol. The van der Waals surface area contributed by atoms with Gasteiger partial charge in [-0.2, -0.15) is 0 Å². The highest BCUT2D eigenvalue weighted by Gasteiger charge is 2.17. The van der Waals surface area contributed by atoms with Gasteiger partial charge in [-0.05, 0) is 24.8 Å². The zero-order chi connectivity index (χ0) is 16.8. The third kappa shape index (κ3) is 4.22. The summed E-state index contributed by atoms with van der Waals surface area (Å²) in [5, 5.41) is 14.4. The Morgan fingerprint density at radius 3 is 2.70 bits per heavy atom. The van der Waals surface area contributed by atoms with Gasteiger partial charge in [0.15, 0.2) is 6.61 Å². The van der Waals surface area contributed by atoms with Crippen LogP contribution in [0.1, 0.15) is 37.0 Å². The van der Waals surface area contributed by atoms with E-state index in [0.717, 1.165) is 18.2 Å². The van der Waals surface area contributed by atoms with Crippen LogP contribution in [-0.4, -0.2) is 29.6 Å². The first-order valence-corrected chi connectivity index (χ1v) is 7.70. The molecule has 2 rings (SSSR count). The third-order valence-electron chi connectivity index (χ3n) is 3.58. The fourth-order valence-electron chi connectivity index (χ4n) is 2.45. The number of ether oxygens (including phenoxy) is 1. The largest absolute Gasteiger partial charge is 0.506 e. The second kappa shape index (κ2) is 7.63. The van der Waals surface area contributed by atoms with Crippen LogP contribution in [0.3, 0.4) is 0 Å². The molecule has 2 aromatic carbocycles. The highest BCUT2D eigenvalue weighted by Crippen LogP contribution is 2.28. The standard InChI is InChI=1S/C18H21NO4/c1-3-6-12(2)19-16(20)11-23-18(22)15-10-9-13-7-4-5-8-14(13)17(15)21/h4-5,7-10,12,21H,3,6,11H2,1-2H3,(H,19,20)/t12-/m1/s1. The number of aromatic hydroxyl groups is 1. The number of hydrogen-bond acceptors (Lipinski definition) is 4. The number of carbonyl (C=O) groups is 2. The van der Waals surface area contributed by atoms with E-state index in [1.807, 2.05) is 26.0 Å². The molecule has 0 unspecified atom stereocenters. The van der Waals surface area contributed by atoms with Crippen molar-refractivity contribution in [3.8, 4) is 5.75 Å². The van der Waals surface area contributed by atoms with Gasteiger partial charge in [0.05, 0.1) is 0 Å². The van der Waals surface area contributed by atoms with E-state index in [0.29, 0.717) is 5.39 Å². The van der Waals surface area contributed by atoms with Crippen LogP contribution >= 0.6 is 0 Å². The Bertz CT molecular complexity index is 711. The highest BCUT2D eigenvalue weighted by molar-refractivity contribution is 6.01. The summed E-state index contributed by atoms with van der Waals surface area (Å²) >= 11 is 0. The molecule has 5 heteroatoms. The number of phenols is 1. The van der Waals surface area contributed by atoms with E-state index in [1.165, 1.54) is 6.07 Å². The SMILES string of the molecule is CCC[C@@H](C)NC(=O)COC(=O)c1ccc2ccccc2c1O. The maximum absolute atomic E-state index is 12.1. The lowest BCUT2D eigenvalue weighted by Crippen LogP contribution is -2.35. The minimum Gasteiger partial charge on any atom is -0.506 e. The first kappa shape index (κ1) is 16.8. The van der Waals surface area contributed by atoms with Crippen LogP contribution in [0.15, 0.2) is 36.4 Å². The Hall–Kier alpha value is -2.56. The number of esters is 1. The van der Waals surface area contributed by atoms with Crippen molar-refractivity contribution in [1.29, 1.82) is 0 Å². The van der Waals surface area contributed by atoms with Gasteiger partial charge in [0.1, 0.15) is 11.3 Å². The number of hydrogen-bond donors (Lipinski definition) is 2. The van der Waals surface area contributed by atoms with E-state index in [9.17, 15) is 14.7 Å². The van der Waals surface area contributed by atoms with E-state index < -0.39 is 5.97 Å². The number of rotatable bonds is 6. The zero-order valence-corrected chi connectivity index (χ0v) is 13.3. The summed E-state index contributed by atoms with van der Waals surface area (Å²) < 4.78 is 4.99. The summed E-state index contributed by atoms with van der Waals surface area (Å²) in [6, 6.07) is 10.5. The topological polar surface area (TPSA) is 75.6 Å². The smallest absolute Gasteiger partial charge is 0.342 e. The molecule has 122 valence electrons. The molecular weight excluding hydrogens is 294 g/mol. The van der Waals surface area contributed by atoms with Crippen LogP contribution in [0.4, 0.5) is 0 Å². The van der Waals surface area contributed by atoms with Gasteiger partial charge in [0, 0.05) is 11.4 Å². The lowest BCUT2D eigenvalue weighted by molar-refractivity contribution is -0.124. The Labute approximate surface area is 135 Å². The molecule has 0 saturated carbocycles. The summed E-state index contributed by atoms with van der Waals surface area (Å²) in [6.07, 6.45) is 1.83. The van der Waals surface area contributed by atoms with Crippen molar-refractivity contribution in [2.45, 2.75) is 32.7 Å². The maximum atomic E-state index is 12.1. The van der Waals surface area contributed by atoms with Crippen LogP contribution in [0.25, 0.3) is 10.8 Å². The second-order valence-corrected chi connectivity index (χ2v) is 5.52. The van der Waals surface area contributed by atoms with Gasteiger partial charge < -0.3 is 15.2 Å². The molecule has 0 heterocycles. The number of carbonyl (C=O) groups excluding carboxylic acids is 2. The molecule has 0 aliphatic heterocycles. The monoisotopic (exact) mass is 315 g/mol. The van der Waals surface area contributed by atoms with Crippen molar-refractivity contribution in [2.75, 3.05) is 6.61 Å². The van der Waals surface area contributed by atoms with Gasteiger partial charge >= 0.3 is 5.97 Å². The summed E-state index contributed by atoms with van der Waals surface area (Å²) in [4.78, 5) is 23.8. The van der Waals surface area contributed by atoms with Crippen molar-refractivity contribution < 1.29 is 19.4 Å². The highest BCUT2D eigenvalue weighted by atomic mass is 16.5. The van der Waals surface area contributed by atoms with Crippen LogP contribution in [0.5, 0.6) is 5.75 Å². The van der Waals surface area contributed by atoms with E-state index >= 15 is 0 Å². The van der Waals surface area contributed by atoms with Crippen molar-refractivity contribution in [1.82, 2.24) is 5.32 Å².